The molecule has 0 saturated heterocycles. The second-order valence-corrected chi connectivity index (χ2v) is 7.27. The highest BCUT2D eigenvalue weighted by Gasteiger charge is 2.28. The standard InChI is InChI=1S/C22H23FN4O.ClH/c23-18-10-8-16(9-11-18)22-17(12-21(28)25-13-20(24)15-6-7-15)14-27(26-22)19-4-2-1-3-5-19;/h1-5,8-11,14-15,20H,6-7,12-13,24H2,(H,25,28);1H. The molecule has 0 aliphatic heterocycles. The van der Waals surface area contributed by atoms with Gasteiger partial charge in [-0.3, -0.25) is 4.79 Å². The van der Waals surface area contributed by atoms with Gasteiger partial charge in [-0.2, -0.15) is 5.10 Å². The topological polar surface area (TPSA) is 72.9 Å². The number of nitrogens with one attached hydrogen (secondary N) is 1. The van der Waals surface area contributed by atoms with E-state index in [4.69, 9.17) is 5.73 Å². The molecule has 1 aliphatic rings. The third-order valence-electron chi connectivity index (χ3n) is 5.04. The zero-order chi connectivity index (χ0) is 19.5. The zero-order valence-corrected chi connectivity index (χ0v) is 16.7. The summed E-state index contributed by atoms with van der Waals surface area (Å²) in [5.41, 5.74) is 9.19. The van der Waals surface area contributed by atoms with E-state index in [2.05, 4.69) is 10.4 Å². The van der Waals surface area contributed by atoms with Gasteiger partial charge < -0.3 is 11.1 Å². The van der Waals surface area contributed by atoms with Crippen molar-refractivity contribution in [3.8, 4) is 16.9 Å². The van der Waals surface area contributed by atoms with Crippen LogP contribution in [0.25, 0.3) is 16.9 Å². The highest BCUT2D eigenvalue weighted by atomic mass is 35.5. The maximum atomic E-state index is 13.3. The molecule has 1 unspecified atom stereocenters. The van der Waals surface area contributed by atoms with E-state index in [1.54, 1.807) is 16.8 Å². The summed E-state index contributed by atoms with van der Waals surface area (Å²) < 4.78 is 15.1. The van der Waals surface area contributed by atoms with Gasteiger partial charge in [-0.15, -0.1) is 12.4 Å². The number of hydrogen-bond acceptors (Lipinski definition) is 3. The molecule has 7 heteroatoms. The lowest BCUT2D eigenvalue weighted by Gasteiger charge is -2.11. The molecule has 0 radical (unpaired) electrons. The van der Waals surface area contributed by atoms with Gasteiger partial charge in [-0.05, 0) is 55.2 Å². The highest BCUT2D eigenvalue weighted by Crippen LogP contribution is 2.31. The lowest BCUT2D eigenvalue weighted by Crippen LogP contribution is -2.39. The number of aromatic nitrogens is 2. The Hall–Kier alpha value is -2.70. The van der Waals surface area contributed by atoms with Crippen molar-refractivity contribution in [3.05, 3.63) is 72.2 Å². The molecule has 0 spiro atoms. The lowest BCUT2D eigenvalue weighted by atomic mass is 10.1. The first-order valence-electron chi connectivity index (χ1n) is 9.52. The predicted octanol–water partition coefficient (Wildman–Crippen LogP) is 3.50. The molecule has 1 heterocycles. The fourth-order valence-electron chi connectivity index (χ4n) is 3.26. The number of amides is 1. The van der Waals surface area contributed by atoms with Crippen molar-refractivity contribution in [2.75, 3.05) is 6.54 Å². The third-order valence-corrected chi connectivity index (χ3v) is 5.04. The van der Waals surface area contributed by atoms with Crippen molar-refractivity contribution >= 4 is 18.3 Å². The van der Waals surface area contributed by atoms with Crippen LogP contribution in [-0.2, 0) is 11.2 Å². The van der Waals surface area contributed by atoms with E-state index in [-0.39, 0.29) is 36.6 Å². The Balaban J connectivity index is 0.00000240. The van der Waals surface area contributed by atoms with Gasteiger partial charge in [0, 0.05) is 29.9 Å². The van der Waals surface area contributed by atoms with Crippen LogP contribution in [0, 0.1) is 11.7 Å². The number of hydrogen-bond donors (Lipinski definition) is 2. The van der Waals surface area contributed by atoms with E-state index in [0.29, 0.717) is 18.2 Å². The largest absolute Gasteiger partial charge is 0.354 e. The second-order valence-electron chi connectivity index (χ2n) is 7.27. The van der Waals surface area contributed by atoms with Gasteiger partial charge in [0.1, 0.15) is 5.82 Å². The summed E-state index contributed by atoms with van der Waals surface area (Å²) in [5.74, 6) is 0.141. The molecule has 1 atom stereocenters. The van der Waals surface area contributed by atoms with Crippen molar-refractivity contribution in [1.82, 2.24) is 15.1 Å². The second kappa shape index (κ2) is 9.20. The molecule has 0 bridgehead atoms. The van der Waals surface area contributed by atoms with Crippen LogP contribution < -0.4 is 11.1 Å². The Labute approximate surface area is 175 Å². The minimum atomic E-state index is -0.306. The van der Waals surface area contributed by atoms with Gasteiger partial charge in [-0.1, -0.05) is 18.2 Å². The van der Waals surface area contributed by atoms with Crippen LogP contribution in [0.15, 0.2) is 60.8 Å². The smallest absolute Gasteiger partial charge is 0.224 e. The Bertz CT molecular complexity index is 955. The monoisotopic (exact) mass is 414 g/mol. The summed E-state index contributed by atoms with van der Waals surface area (Å²) in [6.45, 7) is 0.488. The fourth-order valence-corrected chi connectivity index (χ4v) is 3.26. The van der Waals surface area contributed by atoms with Crippen molar-refractivity contribution in [2.45, 2.75) is 25.3 Å². The van der Waals surface area contributed by atoms with Crippen LogP contribution in [0.1, 0.15) is 18.4 Å². The maximum Gasteiger partial charge on any atom is 0.224 e. The van der Waals surface area contributed by atoms with Gasteiger partial charge >= 0.3 is 0 Å². The first kappa shape index (κ1) is 21.0. The van der Waals surface area contributed by atoms with E-state index in [0.717, 1.165) is 29.7 Å². The molecule has 5 nitrogen and oxygen atoms in total. The first-order valence-corrected chi connectivity index (χ1v) is 9.52. The molecular weight excluding hydrogens is 391 g/mol. The van der Waals surface area contributed by atoms with Crippen LogP contribution >= 0.6 is 12.4 Å². The Kier molecular flexibility index (Phi) is 6.67. The highest BCUT2D eigenvalue weighted by molar-refractivity contribution is 5.85. The van der Waals surface area contributed by atoms with E-state index < -0.39 is 0 Å². The van der Waals surface area contributed by atoms with Gasteiger partial charge in [0.05, 0.1) is 17.8 Å². The molecule has 1 fully saturated rings. The summed E-state index contributed by atoms with van der Waals surface area (Å²) in [6.07, 6.45) is 4.34. The Morgan fingerprint density at radius 3 is 2.52 bits per heavy atom. The molecular formula is C22H24ClFN4O. The average molecular weight is 415 g/mol. The van der Waals surface area contributed by atoms with E-state index >= 15 is 0 Å². The molecule has 3 aromatic rings. The summed E-state index contributed by atoms with van der Waals surface area (Å²) in [7, 11) is 0. The molecule has 1 aromatic heterocycles. The number of carbonyl (C=O) groups is 1. The van der Waals surface area contributed by atoms with Crippen molar-refractivity contribution < 1.29 is 9.18 Å². The number of nitrogens with zero attached hydrogens (tertiary/aromatic N) is 2. The number of para-hydroxylation sites is 1. The minimum Gasteiger partial charge on any atom is -0.354 e. The molecule has 2 aromatic carbocycles. The Morgan fingerprint density at radius 2 is 1.86 bits per heavy atom. The third kappa shape index (κ3) is 5.22. The molecule has 29 heavy (non-hydrogen) atoms. The Morgan fingerprint density at radius 1 is 1.17 bits per heavy atom. The summed E-state index contributed by atoms with van der Waals surface area (Å²) in [4.78, 5) is 12.5. The number of rotatable bonds is 7. The molecule has 4 rings (SSSR count). The van der Waals surface area contributed by atoms with Crippen LogP contribution in [-0.4, -0.2) is 28.3 Å². The van der Waals surface area contributed by atoms with E-state index in [1.165, 1.54) is 12.1 Å². The normalized spacial score (nSPS) is 14.1. The van der Waals surface area contributed by atoms with Gasteiger partial charge in [0.2, 0.25) is 5.91 Å². The van der Waals surface area contributed by atoms with Gasteiger partial charge in [0.25, 0.3) is 0 Å². The van der Waals surface area contributed by atoms with Gasteiger partial charge in [0.15, 0.2) is 0 Å². The predicted molar refractivity (Wildman–Crippen MR) is 114 cm³/mol. The molecule has 3 N–H and O–H groups in total. The van der Waals surface area contributed by atoms with Crippen molar-refractivity contribution in [1.29, 1.82) is 0 Å². The lowest BCUT2D eigenvalue weighted by molar-refractivity contribution is -0.120. The average Bonchev–Trinajstić information content (AvgIpc) is 3.49. The van der Waals surface area contributed by atoms with Crippen LogP contribution in [0.3, 0.4) is 0 Å². The SMILES string of the molecule is Cl.NC(CNC(=O)Cc1cn(-c2ccccc2)nc1-c1ccc(F)cc1)C1CC1. The van der Waals surface area contributed by atoms with E-state index in [1.807, 2.05) is 36.5 Å². The summed E-state index contributed by atoms with van der Waals surface area (Å²) >= 11 is 0. The van der Waals surface area contributed by atoms with Crippen LogP contribution in [0.4, 0.5) is 4.39 Å². The van der Waals surface area contributed by atoms with Gasteiger partial charge in [-0.25, -0.2) is 9.07 Å². The molecule has 152 valence electrons. The van der Waals surface area contributed by atoms with Crippen LogP contribution in [0.2, 0.25) is 0 Å². The number of benzene rings is 2. The molecule has 1 amide bonds. The minimum absolute atomic E-state index is 0. The fraction of sp³-hybridized carbons (Fsp3) is 0.273. The number of halogens is 2. The first-order chi connectivity index (χ1) is 13.6. The summed E-state index contributed by atoms with van der Waals surface area (Å²) in [6, 6.07) is 15.9. The quantitative estimate of drug-likeness (QED) is 0.621. The molecule has 1 aliphatic carbocycles. The molecule has 1 saturated carbocycles. The summed E-state index contributed by atoms with van der Waals surface area (Å²) in [5, 5.41) is 7.58. The number of carbonyl (C=O) groups excluding carboxylic acids is 1. The van der Waals surface area contributed by atoms with E-state index in [9.17, 15) is 9.18 Å². The number of nitrogens with two attached hydrogens (primary N) is 1. The van der Waals surface area contributed by atoms with Crippen LogP contribution in [0.5, 0.6) is 0 Å². The van der Waals surface area contributed by atoms with Crippen molar-refractivity contribution in [3.63, 3.8) is 0 Å². The maximum absolute atomic E-state index is 13.3. The van der Waals surface area contributed by atoms with Crippen molar-refractivity contribution in [2.24, 2.45) is 11.7 Å². The zero-order valence-electron chi connectivity index (χ0n) is 15.9.